The van der Waals surface area contributed by atoms with Crippen molar-refractivity contribution < 1.29 is 4.79 Å². The van der Waals surface area contributed by atoms with E-state index in [9.17, 15) is 4.79 Å². The number of hydrogen-bond donors (Lipinski definition) is 0. The zero-order valence-electron chi connectivity index (χ0n) is 11.0. The number of halogens is 1. The molecule has 102 valence electrons. The SMILES string of the molecule is O=C1C=C(c2ccccc2)Cc2ccc3nc(Cl)sc3c21. The number of carbonyl (C=O) groups excluding carboxylic acids is 1. The normalized spacial score (nSPS) is 14.1. The Morgan fingerprint density at radius 2 is 1.90 bits per heavy atom. The lowest BCUT2D eigenvalue weighted by atomic mass is 9.87. The Balaban J connectivity index is 1.88. The molecule has 0 amide bonds. The smallest absolute Gasteiger partial charge is 0.187 e. The van der Waals surface area contributed by atoms with Crippen LogP contribution in [-0.4, -0.2) is 10.8 Å². The minimum atomic E-state index is 0.0426. The number of benzene rings is 2. The summed E-state index contributed by atoms with van der Waals surface area (Å²) in [6.45, 7) is 0. The van der Waals surface area contributed by atoms with Crippen LogP contribution in [0, 0.1) is 0 Å². The monoisotopic (exact) mass is 311 g/mol. The van der Waals surface area contributed by atoms with Gasteiger partial charge < -0.3 is 0 Å². The number of hydrogen-bond acceptors (Lipinski definition) is 3. The molecule has 0 N–H and O–H groups in total. The van der Waals surface area contributed by atoms with E-state index in [0.717, 1.165) is 38.9 Å². The molecule has 2 nitrogen and oxygen atoms in total. The summed E-state index contributed by atoms with van der Waals surface area (Å²) in [6, 6.07) is 14.0. The summed E-state index contributed by atoms with van der Waals surface area (Å²) in [5.74, 6) is 0.0426. The molecule has 0 saturated carbocycles. The predicted molar refractivity (Wildman–Crippen MR) is 87.1 cm³/mol. The van der Waals surface area contributed by atoms with Gasteiger partial charge in [-0.2, -0.15) is 0 Å². The second-order valence-electron chi connectivity index (χ2n) is 4.99. The quantitative estimate of drug-likeness (QED) is 0.648. The Morgan fingerprint density at radius 1 is 1.10 bits per heavy atom. The van der Waals surface area contributed by atoms with E-state index < -0.39 is 0 Å². The van der Waals surface area contributed by atoms with Crippen LogP contribution >= 0.6 is 22.9 Å². The summed E-state index contributed by atoms with van der Waals surface area (Å²) in [7, 11) is 0. The van der Waals surface area contributed by atoms with Crippen LogP contribution in [0.15, 0.2) is 48.5 Å². The molecule has 21 heavy (non-hydrogen) atoms. The number of carbonyl (C=O) groups is 1. The molecule has 0 fully saturated rings. The highest BCUT2D eigenvalue weighted by Gasteiger charge is 2.22. The molecule has 0 bridgehead atoms. The van der Waals surface area contributed by atoms with E-state index in [1.54, 1.807) is 6.08 Å². The Kier molecular flexibility index (Phi) is 2.91. The maximum absolute atomic E-state index is 12.6. The molecule has 0 spiro atoms. The van der Waals surface area contributed by atoms with E-state index in [1.165, 1.54) is 11.3 Å². The fraction of sp³-hybridized carbons (Fsp3) is 0.0588. The van der Waals surface area contributed by atoms with Crippen LogP contribution in [0.25, 0.3) is 15.8 Å². The van der Waals surface area contributed by atoms with Crippen LogP contribution < -0.4 is 0 Å². The van der Waals surface area contributed by atoms with Gasteiger partial charge in [-0.3, -0.25) is 4.79 Å². The molecular formula is C17H10ClNOS. The minimum Gasteiger partial charge on any atom is -0.289 e. The van der Waals surface area contributed by atoms with Gasteiger partial charge in [0, 0.05) is 5.56 Å². The number of nitrogens with zero attached hydrogens (tertiary/aromatic N) is 1. The first kappa shape index (κ1) is 12.7. The molecule has 0 atom stereocenters. The van der Waals surface area contributed by atoms with Crippen molar-refractivity contribution in [1.29, 1.82) is 0 Å². The summed E-state index contributed by atoms with van der Waals surface area (Å²) < 4.78 is 1.37. The van der Waals surface area contributed by atoms with Crippen molar-refractivity contribution in [2.24, 2.45) is 0 Å². The standard InChI is InChI=1S/C17H10ClNOS/c18-17-19-13-7-6-11-8-12(10-4-2-1-3-5-10)9-14(20)15(11)16(13)21-17/h1-7,9H,8H2. The first-order valence-corrected chi connectivity index (χ1v) is 7.80. The van der Waals surface area contributed by atoms with Gasteiger partial charge in [-0.15, -0.1) is 11.3 Å². The Morgan fingerprint density at radius 3 is 2.71 bits per heavy atom. The topological polar surface area (TPSA) is 30.0 Å². The number of thiazole rings is 1. The molecule has 0 saturated heterocycles. The lowest BCUT2D eigenvalue weighted by Crippen LogP contribution is -2.09. The Hall–Kier alpha value is -1.97. The van der Waals surface area contributed by atoms with Crippen molar-refractivity contribution in [3.05, 3.63) is 69.7 Å². The average Bonchev–Trinajstić information content (AvgIpc) is 2.88. The second kappa shape index (κ2) is 4.79. The third-order valence-electron chi connectivity index (χ3n) is 3.70. The van der Waals surface area contributed by atoms with Gasteiger partial charge in [-0.25, -0.2) is 4.98 Å². The number of ketones is 1. The molecule has 0 unspecified atom stereocenters. The fourth-order valence-electron chi connectivity index (χ4n) is 2.75. The fourth-order valence-corrected chi connectivity index (χ4v) is 3.93. The maximum atomic E-state index is 12.6. The van der Waals surface area contributed by atoms with E-state index in [1.807, 2.05) is 42.5 Å². The number of allylic oxidation sites excluding steroid dienone is 2. The van der Waals surface area contributed by atoms with Crippen molar-refractivity contribution in [3.63, 3.8) is 0 Å². The first-order valence-electron chi connectivity index (χ1n) is 6.60. The van der Waals surface area contributed by atoms with Gasteiger partial charge in [0.15, 0.2) is 10.3 Å². The highest BCUT2D eigenvalue weighted by atomic mass is 35.5. The average molecular weight is 312 g/mol. The third-order valence-corrected chi connectivity index (χ3v) is 4.89. The molecule has 4 rings (SSSR count). The Bertz CT molecular complexity index is 896. The first-order chi connectivity index (χ1) is 10.2. The van der Waals surface area contributed by atoms with E-state index >= 15 is 0 Å². The summed E-state index contributed by atoms with van der Waals surface area (Å²) >= 11 is 7.35. The van der Waals surface area contributed by atoms with Crippen molar-refractivity contribution >= 4 is 44.5 Å². The second-order valence-corrected chi connectivity index (χ2v) is 6.57. The van der Waals surface area contributed by atoms with Crippen LogP contribution in [0.3, 0.4) is 0 Å². The van der Waals surface area contributed by atoms with Crippen LogP contribution in [0.4, 0.5) is 0 Å². The van der Waals surface area contributed by atoms with E-state index in [2.05, 4.69) is 4.98 Å². The summed E-state index contributed by atoms with van der Waals surface area (Å²) in [6.07, 6.45) is 2.50. The summed E-state index contributed by atoms with van der Waals surface area (Å²) in [5, 5.41) is 0. The molecule has 1 aliphatic rings. The maximum Gasteiger partial charge on any atom is 0.187 e. The molecule has 1 aliphatic carbocycles. The predicted octanol–water partition coefficient (Wildman–Crippen LogP) is 4.77. The summed E-state index contributed by atoms with van der Waals surface area (Å²) in [4.78, 5) is 16.8. The van der Waals surface area contributed by atoms with Crippen molar-refractivity contribution in [3.8, 4) is 0 Å². The van der Waals surface area contributed by atoms with Crippen LogP contribution in [0.5, 0.6) is 0 Å². The number of aromatic nitrogens is 1. The van der Waals surface area contributed by atoms with E-state index in [0.29, 0.717) is 4.47 Å². The van der Waals surface area contributed by atoms with Crippen LogP contribution in [-0.2, 0) is 6.42 Å². The molecule has 1 heterocycles. The molecule has 2 aromatic carbocycles. The van der Waals surface area contributed by atoms with E-state index in [-0.39, 0.29) is 5.78 Å². The molecule has 0 radical (unpaired) electrons. The van der Waals surface area contributed by atoms with Gasteiger partial charge >= 0.3 is 0 Å². The molecular weight excluding hydrogens is 302 g/mol. The summed E-state index contributed by atoms with van der Waals surface area (Å²) in [5.41, 5.74) is 4.77. The van der Waals surface area contributed by atoms with Gasteiger partial charge in [0.1, 0.15) is 0 Å². The molecule has 0 aliphatic heterocycles. The lowest BCUT2D eigenvalue weighted by Gasteiger charge is -2.16. The molecule has 1 aromatic heterocycles. The van der Waals surface area contributed by atoms with Gasteiger partial charge in [-0.1, -0.05) is 48.0 Å². The van der Waals surface area contributed by atoms with Crippen molar-refractivity contribution in [1.82, 2.24) is 4.98 Å². The highest BCUT2D eigenvalue weighted by Crippen LogP contribution is 2.36. The van der Waals surface area contributed by atoms with Gasteiger partial charge in [0.25, 0.3) is 0 Å². The number of rotatable bonds is 1. The zero-order chi connectivity index (χ0) is 14.4. The molecule has 4 heteroatoms. The van der Waals surface area contributed by atoms with Crippen molar-refractivity contribution in [2.45, 2.75) is 6.42 Å². The minimum absolute atomic E-state index is 0.0426. The van der Waals surface area contributed by atoms with Gasteiger partial charge in [0.2, 0.25) is 0 Å². The van der Waals surface area contributed by atoms with Crippen LogP contribution in [0.2, 0.25) is 4.47 Å². The highest BCUT2D eigenvalue weighted by molar-refractivity contribution is 7.22. The van der Waals surface area contributed by atoms with Crippen molar-refractivity contribution in [2.75, 3.05) is 0 Å². The lowest BCUT2D eigenvalue weighted by molar-refractivity contribution is 0.104. The Labute approximate surface area is 130 Å². The van der Waals surface area contributed by atoms with Gasteiger partial charge in [-0.05, 0) is 35.3 Å². The van der Waals surface area contributed by atoms with Crippen LogP contribution in [0.1, 0.15) is 21.5 Å². The molecule has 3 aromatic rings. The van der Waals surface area contributed by atoms with E-state index in [4.69, 9.17) is 11.6 Å². The third kappa shape index (κ3) is 2.09. The largest absolute Gasteiger partial charge is 0.289 e. The zero-order valence-corrected chi connectivity index (χ0v) is 12.5. The number of fused-ring (bicyclic) bond motifs is 3. The van der Waals surface area contributed by atoms with Gasteiger partial charge in [0.05, 0.1) is 10.2 Å².